The third kappa shape index (κ3) is 2.92. The minimum Gasteiger partial charge on any atom is -0.503 e. The van der Waals surface area contributed by atoms with Crippen LogP contribution in [0.15, 0.2) is 24.3 Å². The zero-order chi connectivity index (χ0) is 14.2. The monoisotopic (exact) mass is 318 g/mol. The molecule has 0 fully saturated rings. The summed E-state index contributed by atoms with van der Waals surface area (Å²) in [7, 11) is 0. The van der Waals surface area contributed by atoms with Crippen LogP contribution in [0.25, 0.3) is 0 Å². The van der Waals surface area contributed by atoms with Crippen LogP contribution < -0.4 is 16.2 Å². The van der Waals surface area contributed by atoms with Gasteiger partial charge in [0.15, 0.2) is 17.2 Å². The van der Waals surface area contributed by atoms with E-state index in [1.165, 1.54) is 24.3 Å². The number of anilines is 2. The molecule has 0 spiro atoms. The van der Waals surface area contributed by atoms with Crippen molar-refractivity contribution in [2.24, 2.45) is 0 Å². The molecule has 100 valence electrons. The molecule has 0 aromatic heterocycles. The van der Waals surface area contributed by atoms with Gasteiger partial charge in [-0.1, -0.05) is 34.8 Å². The van der Waals surface area contributed by atoms with Gasteiger partial charge in [-0.15, -0.1) is 0 Å². The number of hydrogen-bond acceptors (Lipinski definition) is 4. The Hall–Kier alpha value is -1.49. The van der Waals surface area contributed by atoms with Gasteiger partial charge >= 0.3 is 0 Å². The van der Waals surface area contributed by atoms with E-state index in [0.29, 0.717) is 11.4 Å². The highest BCUT2D eigenvalue weighted by molar-refractivity contribution is 6.37. The van der Waals surface area contributed by atoms with Gasteiger partial charge in [0.2, 0.25) is 0 Å². The maximum absolute atomic E-state index is 9.80. The SMILES string of the molecule is Nc1cc(Cl)c(Oc2cc(N)cc(Cl)c2O)c(Cl)c1. The minimum absolute atomic E-state index is 0.0542. The molecule has 2 aromatic carbocycles. The molecule has 0 saturated carbocycles. The number of hydrogen-bond donors (Lipinski definition) is 3. The van der Waals surface area contributed by atoms with E-state index in [1.54, 1.807) is 0 Å². The normalized spacial score (nSPS) is 10.5. The van der Waals surface area contributed by atoms with Gasteiger partial charge in [0.25, 0.3) is 0 Å². The van der Waals surface area contributed by atoms with Crippen molar-refractivity contribution >= 4 is 46.2 Å². The Morgan fingerprint density at radius 1 is 0.842 bits per heavy atom. The number of ether oxygens (including phenoxy) is 1. The summed E-state index contributed by atoms with van der Waals surface area (Å²) in [6.45, 7) is 0. The maximum Gasteiger partial charge on any atom is 0.177 e. The fourth-order valence-corrected chi connectivity index (χ4v) is 2.26. The number of rotatable bonds is 2. The first-order valence-electron chi connectivity index (χ1n) is 5.09. The number of aromatic hydroxyl groups is 1. The average Bonchev–Trinajstić information content (AvgIpc) is 2.29. The summed E-state index contributed by atoms with van der Waals surface area (Å²) < 4.78 is 5.45. The smallest absolute Gasteiger partial charge is 0.177 e. The lowest BCUT2D eigenvalue weighted by molar-refractivity contribution is 0.412. The van der Waals surface area contributed by atoms with Gasteiger partial charge in [-0.05, 0) is 18.2 Å². The quantitative estimate of drug-likeness (QED) is 0.569. The zero-order valence-corrected chi connectivity index (χ0v) is 11.7. The number of nitrogens with two attached hydrogens (primary N) is 2. The summed E-state index contributed by atoms with van der Waals surface area (Å²) in [5.74, 6) is -0.0344. The summed E-state index contributed by atoms with van der Waals surface area (Å²) >= 11 is 17.8. The predicted octanol–water partition coefficient (Wildman–Crippen LogP) is 4.31. The Bertz CT molecular complexity index is 624. The molecular formula is C12H9Cl3N2O2. The second kappa shape index (κ2) is 5.25. The second-order valence-electron chi connectivity index (χ2n) is 3.77. The molecule has 7 heteroatoms. The van der Waals surface area contributed by atoms with Crippen molar-refractivity contribution in [1.82, 2.24) is 0 Å². The number of halogens is 3. The van der Waals surface area contributed by atoms with Gasteiger partial charge in [0.1, 0.15) is 0 Å². The fourth-order valence-electron chi connectivity index (χ4n) is 1.46. The van der Waals surface area contributed by atoms with Crippen LogP contribution in [-0.4, -0.2) is 5.11 Å². The summed E-state index contributed by atoms with van der Waals surface area (Å²) in [5, 5.41) is 10.3. The highest BCUT2D eigenvalue weighted by atomic mass is 35.5. The first-order chi connectivity index (χ1) is 8.88. The lowest BCUT2D eigenvalue weighted by Gasteiger charge is -2.12. The van der Waals surface area contributed by atoms with E-state index in [-0.39, 0.29) is 32.3 Å². The highest BCUT2D eigenvalue weighted by Gasteiger charge is 2.14. The molecule has 0 amide bonds. The lowest BCUT2D eigenvalue weighted by Crippen LogP contribution is -1.93. The van der Waals surface area contributed by atoms with Crippen LogP contribution in [0.4, 0.5) is 11.4 Å². The average molecular weight is 320 g/mol. The standard InChI is InChI=1S/C12H9Cl3N2O2/c13-7-1-6(17)4-10(11(7)18)19-12-8(14)2-5(16)3-9(12)15/h1-4,18H,16-17H2. The van der Waals surface area contributed by atoms with Gasteiger partial charge in [0, 0.05) is 17.4 Å². The maximum atomic E-state index is 9.80. The van der Waals surface area contributed by atoms with E-state index in [4.69, 9.17) is 51.0 Å². The number of nitrogen functional groups attached to an aromatic ring is 2. The van der Waals surface area contributed by atoms with Crippen LogP contribution in [0.3, 0.4) is 0 Å². The van der Waals surface area contributed by atoms with Crippen molar-refractivity contribution in [3.63, 3.8) is 0 Å². The van der Waals surface area contributed by atoms with Crippen molar-refractivity contribution in [2.45, 2.75) is 0 Å². The van der Waals surface area contributed by atoms with Crippen LogP contribution in [0.5, 0.6) is 17.2 Å². The van der Waals surface area contributed by atoms with Crippen LogP contribution in [-0.2, 0) is 0 Å². The number of phenolic OH excluding ortho intramolecular Hbond substituents is 1. The molecule has 0 aliphatic rings. The van der Waals surface area contributed by atoms with Crippen LogP contribution in [0.2, 0.25) is 15.1 Å². The molecule has 0 aliphatic carbocycles. The van der Waals surface area contributed by atoms with Gasteiger partial charge in [-0.2, -0.15) is 0 Å². The Kier molecular flexibility index (Phi) is 3.85. The first-order valence-corrected chi connectivity index (χ1v) is 6.22. The summed E-state index contributed by atoms with van der Waals surface area (Å²) in [6.07, 6.45) is 0. The van der Waals surface area contributed by atoms with Gasteiger partial charge < -0.3 is 21.3 Å². The second-order valence-corrected chi connectivity index (χ2v) is 4.99. The van der Waals surface area contributed by atoms with Crippen LogP contribution in [0, 0.1) is 0 Å². The third-order valence-corrected chi connectivity index (χ3v) is 3.13. The largest absolute Gasteiger partial charge is 0.503 e. The molecule has 4 nitrogen and oxygen atoms in total. The van der Waals surface area contributed by atoms with Crippen LogP contribution in [0.1, 0.15) is 0 Å². The Morgan fingerprint density at radius 2 is 1.32 bits per heavy atom. The molecule has 0 unspecified atom stereocenters. The molecule has 0 radical (unpaired) electrons. The van der Waals surface area contributed by atoms with Crippen molar-refractivity contribution in [3.05, 3.63) is 39.3 Å². The highest BCUT2D eigenvalue weighted by Crippen LogP contribution is 2.43. The Labute approximate surface area is 124 Å². The predicted molar refractivity (Wildman–Crippen MR) is 78.5 cm³/mol. The molecule has 2 aromatic rings. The van der Waals surface area contributed by atoms with E-state index in [9.17, 15) is 5.11 Å². The van der Waals surface area contributed by atoms with Crippen molar-refractivity contribution < 1.29 is 9.84 Å². The molecule has 0 atom stereocenters. The number of phenols is 1. The van der Waals surface area contributed by atoms with E-state index in [0.717, 1.165) is 0 Å². The third-order valence-electron chi connectivity index (χ3n) is 2.28. The van der Waals surface area contributed by atoms with Crippen molar-refractivity contribution in [2.75, 3.05) is 11.5 Å². The topological polar surface area (TPSA) is 81.5 Å². The van der Waals surface area contributed by atoms with E-state index in [2.05, 4.69) is 0 Å². The van der Waals surface area contributed by atoms with Crippen molar-refractivity contribution in [1.29, 1.82) is 0 Å². The molecule has 0 saturated heterocycles. The first kappa shape index (κ1) is 13.9. The summed E-state index contributed by atoms with van der Waals surface area (Å²) in [4.78, 5) is 0. The molecule has 0 aliphatic heterocycles. The van der Waals surface area contributed by atoms with Crippen LogP contribution >= 0.6 is 34.8 Å². The lowest BCUT2D eigenvalue weighted by atomic mass is 10.2. The van der Waals surface area contributed by atoms with E-state index >= 15 is 0 Å². The fraction of sp³-hybridized carbons (Fsp3) is 0. The molecule has 2 rings (SSSR count). The summed E-state index contributed by atoms with van der Waals surface area (Å²) in [5.41, 5.74) is 11.9. The minimum atomic E-state index is -0.250. The zero-order valence-electron chi connectivity index (χ0n) is 9.45. The van der Waals surface area contributed by atoms with E-state index < -0.39 is 0 Å². The number of benzene rings is 2. The molecular weight excluding hydrogens is 311 g/mol. The molecule has 5 N–H and O–H groups in total. The molecule has 0 heterocycles. The molecule has 0 bridgehead atoms. The van der Waals surface area contributed by atoms with Gasteiger partial charge in [-0.25, -0.2) is 0 Å². The summed E-state index contributed by atoms with van der Waals surface area (Å²) in [6, 6.07) is 5.77. The Balaban J connectivity index is 2.48. The van der Waals surface area contributed by atoms with Gasteiger partial charge in [-0.3, -0.25) is 0 Å². The van der Waals surface area contributed by atoms with E-state index in [1.807, 2.05) is 0 Å². The Morgan fingerprint density at radius 3 is 1.89 bits per heavy atom. The van der Waals surface area contributed by atoms with Crippen molar-refractivity contribution in [3.8, 4) is 17.2 Å². The van der Waals surface area contributed by atoms with Gasteiger partial charge in [0.05, 0.1) is 15.1 Å². The molecule has 19 heavy (non-hydrogen) atoms.